The van der Waals surface area contributed by atoms with Gasteiger partial charge in [0.25, 0.3) is 0 Å². The maximum Gasteiger partial charge on any atom is 0.0456 e. The largest absolute Gasteiger partial charge is 0.358 e. The molecule has 1 saturated carbocycles. The second kappa shape index (κ2) is 3.11. The van der Waals surface area contributed by atoms with E-state index >= 15 is 0 Å². The van der Waals surface area contributed by atoms with Gasteiger partial charge in [0.05, 0.1) is 0 Å². The van der Waals surface area contributed by atoms with Crippen molar-refractivity contribution in [3.63, 3.8) is 0 Å². The lowest BCUT2D eigenvalue weighted by molar-refractivity contribution is 0.596. The number of nitrogens with one attached hydrogen (secondary N) is 1. The van der Waals surface area contributed by atoms with Crippen molar-refractivity contribution in [2.45, 2.75) is 25.8 Å². The van der Waals surface area contributed by atoms with E-state index < -0.39 is 0 Å². The summed E-state index contributed by atoms with van der Waals surface area (Å²) in [7, 11) is 0. The van der Waals surface area contributed by atoms with E-state index in [0.717, 1.165) is 4.47 Å². The first-order chi connectivity index (χ1) is 7.50. The summed E-state index contributed by atoms with van der Waals surface area (Å²) in [5, 5.41) is 1.25. The zero-order valence-electron chi connectivity index (χ0n) is 9.42. The lowest BCUT2D eigenvalue weighted by Gasteiger charge is -1.98. The van der Waals surface area contributed by atoms with Gasteiger partial charge in [0.1, 0.15) is 0 Å². The normalized spacial score (nSPS) is 27.2. The standard InChI is InChI=1S/C13H15BrN2/c1-13(2)11(12(13)15)10-6-7-5-8(14)3-4-9(7)16-10/h3-6,11-12,16H,15H2,1-2H3/t11-,12-/m0/s1. The van der Waals surface area contributed by atoms with Crippen LogP contribution in [0.5, 0.6) is 0 Å². The Morgan fingerprint density at radius 2 is 2.00 bits per heavy atom. The molecule has 1 aromatic heterocycles. The highest BCUT2D eigenvalue weighted by molar-refractivity contribution is 9.10. The van der Waals surface area contributed by atoms with Gasteiger partial charge in [0.15, 0.2) is 0 Å². The Morgan fingerprint density at radius 3 is 2.62 bits per heavy atom. The van der Waals surface area contributed by atoms with Crippen LogP contribution in [-0.2, 0) is 0 Å². The number of aromatic amines is 1. The van der Waals surface area contributed by atoms with E-state index in [9.17, 15) is 0 Å². The molecule has 1 aliphatic carbocycles. The average molecular weight is 279 g/mol. The molecule has 0 unspecified atom stereocenters. The third-order valence-corrected chi connectivity index (χ3v) is 4.34. The number of hydrogen-bond donors (Lipinski definition) is 2. The molecule has 16 heavy (non-hydrogen) atoms. The van der Waals surface area contributed by atoms with Gasteiger partial charge >= 0.3 is 0 Å². The van der Waals surface area contributed by atoms with Crippen molar-refractivity contribution >= 4 is 26.8 Å². The fourth-order valence-corrected chi connectivity index (χ4v) is 2.94. The molecule has 84 valence electrons. The molecule has 0 aliphatic heterocycles. The van der Waals surface area contributed by atoms with Gasteiger partial charge in [0, 0.05) is 33.0 Å². The number of nitrogens with two attached hydrogens (primary N) is 1. The Hall–Kier alpha value is -0.800. The zero-order chi connectivity index (χ0) is 11.5. The van der Waals surface area contributed by atoms with Crippen LogP contribution in [0.1, 0.15) is 25.5 Å². The summed E-state index contributed by atoms with van der Waals surface area (Å²) >= 11 is 3.49. The van der Waals surface area contributed by atoms with Gasteiger partial charge in [-0.25, -0.2) is 0 Å². The maximum atomic E-state index is 6.10. The average Bonchev–Trinajstić information content (AvgIpc) is 2.60. The smallest absolute Gasteiger partial charge is 0.0456 e. The summed E-state index contributed by atoms with van der Waals surface area (Å²) in [6, 6.07) is 8.80. The minimum atomic E-state index is 0.234. The number of H-pyrrole nitrogens is 1. The van der Waals surface area contributed by atoms with Crippen LogP contribution in [0.2, 0.25) is 0 Å². The van der Waals surface area contributed by atoms with Crippen LogP contribution in [0, 0.1) is 5.41 Å². The predicted molar refractivity (Wildman–Crippen MR) is 70.5 cm³/mol. The van der Waals surface area contributed by atoms with Crippen LogP contribution in [0.4, 0.5) is 0 Å². The SMILES string of the molecule is CC1(C)[C@@H](N)[C@@H]1c1cc2cc(Br)ccc2[nH]1. The highest BCUT2D eigenvalue weighted by Gasteiger charge is 2.56. The number of fused-ring (bicyclic) bond motifs is 1. The molecule has 1 fully saturated rings. The Kier molecular flexibility index (Phi) is 2.01. The molecule has 0 radical (unpaired) electrons. The van der Waals surface area contributed by atoms with E-state index in [0.29, 0.717) is 5.92 Å². The van der Waals surface area contributed by atoms with Crippen molar-refractivity contribution in [1.82, 2.24) is 4.98 Å². The topological polar surface area (TPSA) is 41.8 Å². The second-order valence-corrected chi connectivity index (χ2v) is 6.20. The highest BCUT2D eigenvalue weighted by atomic mass is 79.9. The van der Waals surface area contributed by atoms with Crippen molar-refractivity contribution in [2.75, 3.05) is 0 Å². The molecule has 2 nitrogen and oxygen atoms in total. The molecule has 1 heterocycles. The molecule has 1 aromatic carbocycles. The lowest BCUT2D eigenvalue weighted by Crippen LogP contribution is -2.06. The first-order valence-corrected chi connectivity index (χ1v) is 6.33. The fraction of sp³-hybridized carbons (Fsp3) is 0.385. The van der Waals surface area contributed by atoms with Crippen LogP contribution in [-0.4, -0.2) is 11.0 Å². The number of benzene rings is 1. The van der Waals surface area contributed by atoms with Gasteiger partial charge in [-0.2, -0.15) is 0 Å². The van der Waals surface area contributed by atoms with Gasteiger partial charge in [-0.15, -0.1) is 0 Å². The number of rotatable bonds is 1. The van der Waals surface area contributed by atoms with Crippen LogP contribution in [0.25, 0.3) is 10.9 Å². The molecule has 1 aliphatic rings. The number of halogens is 1. The van der Waals surface area contributed by atoms with E-state index in [1.165, 1.54) is 16.6 Å². The molecule has 0 amide bonds. The molecule has 3 heteroatoms. The second-order valence-electron chi connectivity index (χ2n) is 5.28. The summed E-state index contributed by atoms with van der Waals surface area (Å²) in [5.41, 5.74) is 8.79. The summed E-state index contributed by atoms with van der Waals surface area (Å²) in [5.74, 6) is 0.471. The molecule has 0 saturated heterocycles. The van der Waals surface area contributed by atoms with Crippen molar-refractivity contribution in [3.8, 4) is 0 Å². The Bertz CT molecular complexity index is 556. The van der Waals surface area contributed by atoms with Gasteiger partial charge in [0.2, 0.25) is 0 Å². The summed E-state index contributed by atoms with van der Waals surface area (Å²) in [6.45, 7) is 4.45. The van der Waals surface area contributed by atoms with Crippen LogP contribution in [0.15, 0.2) is 28.7 Å². The molecular weight excluding hydrogens is 264 g/mol. The van der Waals surface area contributed by atoms with Crippen LogP contribution >= 0.6 is 15.9 Å². The zero-order valence-corrected chi connectivity index (χ0v) is 11.0. The van der Waals surface area contributed by atoms with Crippen LogP contribution < -0.4 is 5.73 Å². The molecule has 2 aromatic rings. The first kappa shape index (κ1) is 10.4. The third-order valence-electron chi connectivity index (χ3n) is 3.85. The Labute approximate surface area is 103 Å². The van der Waals surface area contributed by atoms with Gasteiger partial charge in [-0.3, -0.25) is 0 Å². The minimum absolute atomic E-state index is 0.234. The number of aromatic nitrogens is 1. The van der Waals surface area contributed by atoms with Crippen molar-refractivity contribution < 1.29 is 0 Å². The van der Waals surface area contributed by atoms with E-state index in [2.05, 4.69) is 59.0 Å². The highest BCUT2D eigenvalue weighted by Crippen LogP contribution is 2.57. The number of hydrogen-bond acceptors (Lipinski definition) is 1. The van der Waals surface area contributed by atoms with Gasteiger partial charge in [-0.05, 0) is 29.7 Å². The van der Waals surface area contributed by atoms with E-state index in [4.69, 9.17) is 5.73 Å². The van der Waals surface area contributed by atoms with Crippen LogP contribution in [0.3, 0.4) is 0 Å². The molecule has 0 spiro atoms. The molecule has 3 N–H and O–H groups in total. The van der Waals surface area contributed by atoms with Crippen molar-refractivity contribution in [3.05, 3.63) is 34.4 Å². The van der Waals surface area contributed by atoms with E-state index in [1.807, 2.05) is 0 Å². The summed E-state index contributed by atoms with van der Waals surface area (Å²) < 4.78 is 1.12. The predicted octanol–water partition coefficient (Wildman–Crippen LogP) is 3.38. The fourth-order valence-electron chi connectivity index (χ4n) is 2.57. The molecule has 3 rings (SSSR count). The molecular formula is C13H15BrN2. The summed E-state index contributed by atoms with van der Waals surface area (Å²) in [4.78, 5) is 3.47. The Balaban J connectivity index is 2.07. The van der Waals surface area contributed by atoms with Gasteiger partial charge in [-0.1, -0.05) is 29.8 Å². The van der Waals surface area contributed by atoms with E-state index in [1.54, 1.807) is 0 Å². The van der Waals surface area contributed by atoms with Crippen molar-refractivity contribution in [1.29, 1.82) is 0 Å². The summed E-state index contributed by atoms with van der Waals surface area (Å²) in [6.07, 6.45) is 0. The molecule has 2 atom stereocenters. The van der Waals surface area contributed by atoms with Crippen molar-refractivity contribution in [2.24, 2.45) is 11.1 Å². The minimum Gasteiger partial charge on any atom is -0.358 e. The lowest BCUT2D eigenvalue weighted by atomic mass is 10.1. The third kappa shape index (κ3) is 1.35. The maximum absolute atomic E-state index is 6.10. The monoisotopic (exact) mass is 278 g/mol. The quantitative estimate of drug-likeness (QED) is 0.825. The van der Waals surface area contributed by atoms with E-state index in [-0.39, 0.29) is 11.5 Å². The van der Waals surface area contributed by atoms with Gasteiger partial charge < -0.3 is 10.7 Å². The first-order valence-electron chi connectivity index (χ1n) is 5.54. The Morgan fingerprint density at radius 1 is 1.31 bits per heavy atom. The molecule has 0 bridgehead atoms.